The average Bonchev–Trinajstić information content (AvgIpc) is 3.01. The number of amides is 2. The van der Waals surface area contributed by atoms with Gasteiger partial charge < -0.3 is 19.6 Å². The molecule has 0 radical (unpaired) electrons. The Morgan fingerprint density at radius 3 is 2.45 bits per heavy atom. The van der Waals surface area contributed by atoms with Gasteiger partial charge in [-0.15, -0.1) is 11.8 Å². The van der Waals surface area contributed by atoms with Crippen LogP contribution < -0.4 is 0 Å². The quantitative estimate of drug-likeness (QED) is 0.497. The van der Waals surface area contributed by atoms with Crippen LogP contribution >= 0.6 is 11.8 Å². The van der Waals surface area contributed by atoms with Gasteiger partial charge in [0.25, 0.3) is 0 Å². The first-order valence-electron chi connectivity index (χ1n) is 11.9. The van der Waals surface area contributed by atoms with E-state index in [1.165, 1.54) is 11.8 Å². The Kier molecular flexibility index (Phi) is 6.01. The topological polar surface area (TPSA) is 87.2 Å². The van der Waals surface area contributed by atoms with Crippen molar-refractivity contribution in [1.82, 2.24) is 9.80 Å². The molecule has 0 aliphatic carbocycles. The normalized spacial score (nSPS) is 37.3. The second kappa shape index (κ2) is 8.15. The Bertz CT molecular complexity index is 909. The Labute approximate surface area is 200 Å². The monoisotopic (exact) mass is 476 g/mol. The van der Waals surface area contributed by atoms with Gasteiger partial charge in [0.05, 0.1) is 35.8 Å². The third-order valence-electron chi connectivity index (χ3n) is 7.58. The first-order chi connectivity index (χ1) is 15.4. The number of thioether (sulfide) groups is 1. The molecule has 0 aromatic heterocycles. The maximum Gasteiger partial charge on any atom is 0.311 e. The number of rotatable bonds is 3. The van der Waals surface area contributed by atoms with Crippen LogP contribution in [0.1, 0.15) is 48.0 Å². The molecule has 6 atom stereocenters. The van der Waals surface area contributed by atoms with Crippen LogP contribution in [0.4, 0.5) is 0 Å². The third-order valence-corrected chi connectivity index (χ3v) is 9.38. The molecule has 4 rings (SSSR count). The first-order valence-corrected chi connectivity index (χ1v) is 12.7. The molecule has 2 saturated heterocycles. The molecule has 1 N–H and O–H groups in total. The molecule has 4 aliphatic heterocycles. The van der Waals surface area contributed by atoms with Gasteiger partial charge in [-0.1, -0.05) is 38.2 Å². The van der Waals surface area contributed by atoms with Crippen molar-refractivity contribution in [2.24, 2.45) is 17.8 Å². The van der Waals surface area contributed by atoms with E-state index < -0.39 is 39.0 Å². The van der Waals surface area contributed by atoms with Gasteiger partial charge >= 0.3 is 5.97 Å². The molecule has 8 heteroatoms. The summed E-state index contributed by atoms with van der Waals surface area (Å²) in [5.41, 5.74) is -0.444. The molecular weight excluding hydrogens is 440 g/mol. The number of nitrogens with zero attached hydrogens (tertiary/aromatic N) is 2. The molecule has 4 heterocycles. The number of likely N-dealkylation sites (tertiary alicyclic amines) is 1. The number of aliphatic hydroxyl groups is 1. The summed E-state index contributed by atoms with van der Waals surface area (Å²) in [5.74, 6) is -2.25. The van der Waals surface area contributed by atoms with Gasteiger partial charge in [-0.2, -0.15) is 0 Å². The Morgan fingerprint density at radius 1 is 1.15 bits per heavy atom. The van der Waals surface area contributed by atoms with E-state index in [-0.39, 0.29) is 36.9 Å². The summed E-state index contributed by atoms with van der Waals surface area (Å²) in [7, 11) is 0. The summed E-state index contributed by atoms with van der Waals surface area (Å²) < 4.78 is 3.97. The number of esters is 1. The fraction of sp³-hybridized carbons (Fsp3) is 0.720. The number of fused-ring (bicyclic) bond motifs is 2. The van der Waals surface area contributed by atoms with E-state index >= 15 is 0 Å². The zero-order chi connectivity index (χ0) is 24.3. The van der Waals surface area contributed by atoms with Crippen molar-refractivity contribution < 1.29 is 24.2 Å². The molecule has 0 bridgehead atoms. The van der Waals surface area contributed by atoms with Crippen LogP contribution in [0.3, 0.4) is 0 Å². The number of carbonyl (C=O) groups excluding carboxylic acids is 3. The van der Waals surface area contributed by atoms with E-state index in [1.807, 2.05) is 65.8 Å². The fourth-order valence-electron chi connectivity index (χ4n) is 6.01. The number of hydrogen-bond acceptors (Lipinski definition) is 6. The molecule has 7 nitrogen and oxygen atoms in total. The number of hydrogen-bond donors (Lipinski definition) is 1. The van der Waals surface area contributed by atoms with Gasteiger partial charge in [-0.05, 0) is 40.0 Å². The molecule has 0 saturated carbocycles. The Hall–Kier alpha value is -1.80. The van der Waals surface area contributed by atoms with Crippen LogP contribution in [0.25, 0.3) is 0 Å². The minimum absolute atomic E-state index is 0.0569. The number of carbonyl (C=O) groups is 3. The molecule has 1 spiro atoms. The number of aliphatic hydroxyl groups excluding tert-OH is 1. The largest absolute Gasteiger partial charge is 0.465 e. The van der Waals surface area contributed by atoms with Crippen LogP contribution in [0.5, 0.6) is 0 Å². The Morgan fingerprint density at radius 2 is 1.85 bits per heavy atom. The van der Waals surface area contributed by atoms with Crippen LogP contribution in [0.2, 0.25) is 0 Å². The standard InChI is InChI=1S/C25H36N2O5S/c1-15(2)16(14-28)27-19-21(30)26(23(3,4)5)12-9-11-25(19)17(20(27)29)18-22(31)32-13-8-7-10-24(18,6)33-25/h7,9-11,15-19,28H,8,12-14H2,1-6H3/t16-,17-,18+,19?,24-,25-/m0/s1. The molecule has 0 aromatic carbocycles. The van der Waals surface area contributed by atoms with Crippen molar-refractivity contribution in [2.75, 3.05) is 19.8 Å². The molecule has 182 valence electrons. The lowest BCUT2D eigenvalue weighted by Crippen LogP contribution is -2.60. The first kappa shape index (κ1) is 24.3. The van der Waals surface area contributed by atoms with E-state index in [2.05, 4.69) is 0 Å². The van der Waals surface area contributed by atoms with Gasteiger partial charge in [0.1, 0.15) is 6.04 Å². The summed E-state index contributed by atoms with van der Waals surface area (Å²) in [4.78, 5) is 45.1. The molecule has 4 aliphatic rings. The summed E-state index contributed by atoms with van der Waals surface area (Å²) >= 11 is 1.54. The number of ether oxygens (including phenoxy) is 1. The van der Waals surface area contributed by atoms with Crippen molar-refractivity contribution in [3.8, 4) is 0 Å². The lowest BCUT2D eigenvalue weighted by atomic mass is 9.74. The zero-order valence-electron chi connectivity index (χ0n) is 20.4. The summed E-state index contributed by atoms with van der Waals surface area (Å²) in [6.45, 7) is 12.3. The molecule has 1 unspecified atom stereocenters. The van der Waals surface area contributed by atoms with Crippen molar-refractivity contribution in [1.29, 1.82) is 0 Å². The minimum Gasteiger partial charge on any atom is -0.465 e. The lowest BCUT2D eigenvalue weighted by molar-refractivity contribution is -0.155. The van der Waals surface area contributed by atoms with Crippen molar-refractivity contribution in [2.45, 2.75) is 75.1 Å². The maximum atomic E-state index is 14.2. The Balaban J connectivity index is 1.94. The van der Waals surface area contributed by atoms with Gasteiger partial charge in [-0.3, -0.25) is 14.4 Å². The molecule has 2 amide bonds. The van der Waals surface area contributed by atoms with Crippen LogP contribution in [-0.4, -0.2) is 79.6 Å². The summed E-state index contributed by atoms with van der Waals surface area (Å²) in [6.07, 6.45) is 8.64. The second-order valence-electron chi connectivity index (χ2n) is 11.1. The van der Waals surface area contributed by atoms with Gasteiger partial charge in [0.2, 0.25) is 11.8 Å². The van der Waals surface area contributed by atoms with E-state index in [9.17, 15) is 19.5 Å². The predicted octanol–water partition coefficient (Wildman–Crippen LogP) is 2.39. The highest BCUT2D eigenvalue weighted by Crippen LogP contribution is 2.65. The van der Waals surface area contributed by atoms with E-state index in [4.69, 9.17) is 4.74 Å². The van der Waals surface area contributed by atoms with Crippen molar-refractivity contribution >= 4 is 29.5 Å². The van der Waals surface area contributed by atoms with Crippen molar-refractivity contribution in [3.05, 3.63) is 24.3 Å². The maximum absolute atomic E-state index is 14.2. The van der Waals surface area contributed by atoms with Crippen LogP contribution in [0, 0.1) is 17.8 Å². The molecule has 0 aromatic rings. The van der Waals surface area contributed by atoms with Gasteiger partial charge in [-0.25, -0.2) is 0 Å². The average molecular weight is 477 g/mol. The van der Waals surface area contributed by atoms with E-state index in [1.54, 1.807) is 9.80 Å². The highest BCUT2D eigenvalue weighted by Gasteiger charge is 2.74. The minimum atomic E-state index is -0.913. The fourth-order valence-corrected chi connectivity index (χ4v) is 8.15. The van der Waals surface area contributed by atoms with Crippen molar-refractivity contribution in [3.63, 3.8) is 0 Å². The van der Waals surface area contributed by atoms with Crippen LogP contribution in [0.15, 0.2) is 24.3 Å². The SMILES string of the molecule is CC(C)[C@H](CO)N1C(=O)[C@@H]2[C@@H]3C(=O)OCCC=C[C@]3(C)S[C@@]23C=CCN(C(C)(C)C)C(=O)C13. The van der Waals surface area contributed by atoms with Gasteiger partial charge in [0, 0.05) is 16.8 Å². The highest BCUT2D eigenvalue weighted by molar-refractivity contribution is 8.02. The number of cyclic esters (lactones) is 1. The smallest absolute Gasteiger partial charge is 0.311 e. The molecule has 2 fully saturated rings. The lowest BCUT2D eigenvalue weighted by Gasteiger charge is -2.43. The highest BCUT2D eigenvalue weighted by atomic mass is 32.2. The zero-order valence-corrected chi connectivity index (χ0v) is 21.2. The summed E-state index contributed by atoms with van der Waals surface area (Å²) in [6, 6.07) is -1.32. The van der Waals surface area contributed by atoms with E-state index in [0.29, 0.717) is 13.0 Å². The predicted molar refractivity (Wildman–Crippen MR) is 127 cm³/mol. The van der Waals surface area contributed by atoms with Gasteiger partial charge in [0.15, 0.2) is 0 Å². The van der Waals surface area contributed by atoms with Crippen LogP contribution in [-0.2, 0) is 19.1 Å². The second-order valence-corrected chi connectivity index (χ2v) is 12.9. The molecular formula is C25H36N2O5S. The third kappa shape index (κ3) is 3.55. The molecule has 33 heavy (non-hydrogen) atoms. The van der Waals surface area contributed by atoms with E-state index in [0.717, 1.165) is 0 Å². The summed E-state index contributed by atoms with van der Waals surface area (Å²) in [5, 5.41) is 10.3.